The van der Waals surface area contributed by atoms with E-state index in [0.29, 0.717) is 22.3 Å². The van der Waals surface area contributed by atoms with Crippen molar-refractivity contribution in [3.63, 3.8) is 0 Å². The van der Waals surface area contributed by atoms with Gasteiger partial charge in [0.1, 0.15) is 11.5 Å². The topological polar surface area (TPSA) is 33.0 Å². The van der Waals surface area contributed by atoms with Gasteiger partial charge in [-0.2, -0.15) is 5.26 Å². The molecule has 0 atom stereocenters. The third kappa shape index (κ3) is 3.50. The molecule has 0 radical (unpaired) electrons. The summed E-state index contributed by atoms with van der Waals surface area (Å²) in [6.45, 7) is 6.09. The summed E-state index contributed by atoms with van der Waals surface area (Å²) in [4.78, 5) is 0. The highest BCUT2D eigenvalue weighted by atomic mass is 35.5. The smallest absolute Gasteiger partial charge is 0.146 e. The number of aryl methyl sites for hydroxylation is 1. The van der Waals surface area contributed by atoms with E-state index in [2.05, 4.69) is 13.8 Å². The number of halogens is 2. The number of nitriles is 1. The maximum absolute atomic E-state index is 8.85. The highest BCUT2D eigenvalue weighted by molar-refractivity contribution is 6.32. The highest BCUT2D eigenvalue weighted by Gasteiger charge is 2.12. The summed E-state index contributed by atoms with van der Waals surface area (Å²) in [6, 6.07) is 10.8. The summed E-state index contributed by atoms with van der Waals surface area (Å²) >= 11 is 12.4. The summed E-state index contributed by atoms with van der Waals surface area (Å²) < 4.78 is 5.89. The summed E-state index contributed by atoms with van der Waals surface area (Å²) in [5.41, 5.74) is 2.47. The lowest BCUT2D eigenvalue weighted by Gasteiger charge is -2.15. The minimum Gasteiger partial charge on any atom is -0.456 e. The quantitative estimate of drug-likeness (QED) is 0.685. The molecule has 0 amide bonds. The Hall–Kier alpha value is -1.69. The number of nitrogens with zero attached hydrogens (tertiary/aromatic N) is 1. The van der Waals surface area contributed by atoms with Gasteiger partial charge in [-0.1, -0.05) is 37.0 Å². The molecule has 0 spiro atoms. The molecule has 21 heavy (non-hydrogen) atoms. The van der Waals surface area contributed by atoms with Gasteiger partial charge in [-0.3, -0.25) is 0 Å². The molecule has 0 aliphatic rings. The molecule has 4 heteroatoms. The van der Waals surface area contributed by atoms with E-state index in [0.717, 1.165) is 21.9 Å². The van der Waals surface area contributed by atoms with Crippen LogP contribution >= 0.6 is 23.2 Å². The number of rotatable bonds is 3. The van der Waals surface area contributed by atoms with E-state index in [-0.39, 0.29) is 0 Å². The lowest BCUT2D eigenvalue weighted by atomic mass is 10.0. The molecule has 0 aliphatic heterocycles. The Kier molecular flexibility index (Phi) is 4.77. The molecule has 0 aliphatic carbocycles. The largest absolute Gasteiger partial charge is 0.456 e. The van der Waals surface area contributed by atoms with Gasteiger partial charge >= 0.3 is 0 Å². The normalized spacial score (nSPS) is 10.5. The molecule has 0 bridgehead atoms. The van der Waals surface area contributed by atoms with Gasteiger partial charge < -0.3 is 4.74 Å². The summed E-state index contributed by atoms with van der Waals surface area (Å²) in [7, 11) is 0. The van der Waals surface area contributed by atoms with E-state index in [1.165, 1.54) is 0 Å². The van der Waals surface area contributed by atoms with Crippen molar-refractivity contribution in [2.75, 3.05) is 0 Å². The first-order valence-electron chi connectivity index (χ1n) is 6.60. The zero-order valence-corrected chi connectivity index (χ0v) is 13.6. The van der Waals surface area contributed by atoms with E-state index >= 15 is 0 Å². The average Bonchev–Trinajstić information content (AvgIpc) is 2.43. The molecule has 0 fully saturated rings. The molecule has 0 unspecified atom stereocenters. The van der Waals surface area contributed by atoms with Crippen molar-refractivity contribution in [1.82, 2.24) is 0 Å². The van der Waals surface area contributed by atoms with Crippen molar-refractivity contribution in [1.29, 1.82) is 5.26 Å². The second-order valence-corrected chi connectivity index (χ2v) is 5.97. The van der Waals surface area contributed by atoms with Crippen molar-refractivity contribution in [3.8, 4) is 17.6 Å². The number of ether oxygens (including phenoxy) is 1. The second-order valence-electron chi connectivity index (χ2n) is 5.15. The van der Waals surface area contributed by atoms with Crippen LogP contribution in [0.15, 0.2) is 30.3 Å². The summed E-state index contributed by atoms with van der Waals surface area (Å²) in [5, 5.41) is 10.00. The van der Waals surface area contributed by atoms with E-state index in [9.17, 15) is 0 Å². The van der Waals surface area contributed by atoms with Crippen molar-refractivity contribution < 1.29 is 4.74 Å². The number of hydrogen-bond acceptors (Lipinski definition) is 2. The van der Waals surface area contributed by atoms with Gasteiger partial charge in [-0.05, 0) is 54.3 Å². The molecule has 108 valence electrons. The monoisotopic (exact) mass is 319 g/mol. The fourth-order valence-electron chi connectivity index (χ4n) is 1.99. The van der Waals surface area contributed by atoms with Crippen LogP contribution in [0.3, 0.4) is 0 Å². The SMILES string of the molecule is Cc1cc(Cl)c(C(C)C)cc1Oc1ccc(C#N)cc1Cl. The molecular weight excluding hydrogens is 305 g/mol. The van der Waals surface area contributed by atoms with Crippen molar-refractivity contribution in [3.05, 3.63) is 57.1 Å². The number of benzene rings is 2. The first-order chi connectivity index (χ1) is 9.92. The first kappa shape index (κ1) is 15.7. The molecule has 0 saturated carbocycles. The summed E-state index contributed by atoms with van der Waals surface area (Å²) in [6.07, 6.45) is 0. The third-order valence-corrected chi connectivity index (χ3v) is 3.82. The Morgan fingerprint density at radius 1 is 1.05 bits per heavy atom. The Labute approximate surface area is 134 Å². The predicted molar refractivity (Wildman–Crippen MR) is 86.5 cm³/mol. The van der Waals surface area contributed by atoms with Crippen LogP contribution in [0.4, 0.5) is 0 Å². The maximum Gasteiger partial charge on any atom is 0.146 e. The minimum absolute atomic E-state index is 0.303. The molecule has 0 saturated heterocycles. The highest BCUT2D eigenvalue weighted by Crippen LogP contribution is 2.36. The van der Waals surface area contributed by atoms with E-state index in [1.54, 1.807) is 18.2 Å². The fourth-order valence-corrected chi connectivity index (χ4v) is 2.65. The Morgan fingerprint density at radius 3 is 2.33 bits per heavy atom. The van der Waals surface area contributed by atoms with Crippen LogP contribution in [-0.4, -0.2) is 0 Å². The van der Waals surface area contributed by atoms with Gasteiger partial charge in [0.2, 0.25) is 0 Å². The van der Waals surface area contributed by atoms with Gasteiger partial charge in [-0.25, -0.2) is 0 Å². The summed E-state index contributed by atoms with van der Waals surface area (Å²) in [5.74, 6) is 1.54. The molecule has 0 heterocycles. The standard InChI is InChI=1S/C17H15Cl2NO/c1-10(2)13-8-17(11(3)6-14(13)18)21-16-5-4-12(9-20)7-15(16)19/h4-8,10H,1-3H3. The van der Waals surface area contributed by atoms with Crippen LogP contribution in [-0.2, 0) is 0 Å². The second kappa shape index (κ2) is 6.39. The Morgan fingerprint density at radius 2 is 1.76 bits per heavy atom. The van der Waals surface area contributed by atoms with Crippen LogP contribution in [0.5, 0.6) is 11.5 Å². The molecular formula is C17H15Cl2NO. The molecule has 2 aromatic rings. The first-order valence-corrected chi connectivity index (χ1v) is 7.35. The van der Waals surface area contributed by atoms with Crippen LogP contribution in [0.1, 0.15) is 36.5 Å². The third-order valence-electron chi connectivity index (χ3n) is 3.20. The Balaban J connectivity index is 2.40. The van der Waals surface area contributed by atoms with Gasteiger partial charge in [0.15, 0.2) is 0 Å². The minimum atomic E-state index is 0.303. The van der Waals surface area contributed by atoms with E-state index in [4.69, 9.17) is 33.2 Å². The molecule has 2 rings (SSSR count). The zero-order valence-electron chi connectivity index (χ0n) is 12.1. The lowest BCUT2D eigenvalue weighted by Crippen LogP contribution is -1.94. The van der Waals surface area contributed by atoms with Gasteiger partial charge in [0.25, 0.3) is 0 Å². The van der Waals surface area contributed by atoms with Gasteiger partial charge in [-0.15, -0.1) is 0 Å². The molecule has 0 aromatic heterocycles. The van der Waals surface area contributed by atoms with Crippen LogP contribution in [0.2, 0.25) is 10.0 Å². The zero-order chi connectivity index (χ0) is 15.6. The predicted octanol–water partition coefficient (Wildman–Crippen LogP) is 6.09. The number of hydrogen-bond donors (Lipinski definition) is 0. The maximum atomic E-state index is 8.85. The lowest BCUT2D eigenvalue weighted by molar-refractivity contribution is 0.478. The van der Waals surface area contributed by atoms with Crippen molar-refractivity contribution >= 4 is 23.2 Å². The van der Waals surface area contributed by atoms with Crippen molar-refractivity contribution in [2.24, 2.45) is 0 Å². The van der Waals surface area contributed by atoms with Gasteiger partial charge in [0, 0.05) is 5.02 Å². The molecule has 0 N–H and O–H groups in total. The van der Waals surface area contributed by atoms with Gasteiger partial charge in [0.05, 0.1) is 16.7 Å². The van der Waals surface area contributed by atoms with E-state index < -0.39 is 0 Å². The van der Waals surface area contributed by atoms with Crippen LogP contribution in [0.25, 0.3) is 0 Å². The van der Waals surface area contributed by atoms with Crippen LogP contribution in [0, 0.1) is 18.3 Å². The Bertz CT molecular complexity index is 717. The average molecular weight is 320 g/mol. The fraction of sp³-hybridized carbons (Fsp3) is 0.235. The van der Waals surface area contributed by atoms with Crippen LogP contribution < -0.4 is 4.74 Å². The van der Waals surface area contributed by atoms with E-state index in [1.807, 2.05) is 25.1 Å². The molecule has 2 nitrogen and oxygen atoms in total. The van der Waals surface area contributed by atoms with Crippen molar-refractivity contribution in [2.45, 2.75) is 26.7 Å². The molecule has 2 aromatic carbocycles.